The molecule has 0 bridgehead atoms. The number of amides is 2. The molecular weight excluding hydrogens is 784 g/mol. The van der Waals surface area contributed by atoms with E-state index in [4.69, 9.17) is 18.7 Å². The molecule has 2 aromatic heterocycles. The highest BCUT2D eigenvalue weighted by Crippen LogP contribution is 2.50. The normalized spacial score (nSPS) is 16.9. The Labute approximate surface area is 351 Å². The zero-order valence-electron chi connectivity index (χ0n) is 35.3. The summed E-state index contributed by atoms with van der Waals surface area (Å²) in [6.07, 6.45) is 4.15. The third-order valence-electron chi connectivity index (χ3n) is 11.6. The fraction of sp³-hybridized carbons (Fsp3) is 0.386. The zero-order chi connectivity index (χ0) is 42.3. The predicted molar refractivity (Wildman–Crippen MR) is 229 cm³/mol. The van der Waals surface area contributed by atoms with Crippen LogP contribution in [0.1, 0.15) is 37.5 Å². The summed E-state index contributed by atoms with van der Waals surface area (Å²) in [5.74, 6) is 1.03. The molecule has 1 atom stereocenters. The van der Waals surface area contributed by atoms with Crippen LogP contribution in [0.5, 0.6) is 17.2 Å². The summed E-state index contributed by atoms with van der Waals surface area (Å²) >= 11 is 0. The molecule has 0 spiro atoms. The number of anilines is 2. The van der Waals surface area contributed by atoms with Crippen LogP contribution >= 0.6 is 7.67 Å². The summed E-state index contributed by atoms with van der Waals surface area (Å²) in [5, 5.41) is 4.38. The number of hydrogen-bond acceptors (Lipinski definition) is 9. The summed E-state index contributed by atoms with van der Waals surface area (Å²) in [5.41, 5.74) is 6.42. The number of benzene rings is 3. The molecule has 8 rings (SSSR count). The van der Waals surface area contributed by atoms with Gasteiger partial charge in [-0.05, 0) is 95.1 Å². The second kappa shape index (κ2) is 16.9. The van der Waals surface area contributed by atoms with Gasteiger partial charge in [0.25, 0.3) is 11.8 Å². The van der Waals surface area contributed by atoms with Gasteiger partial charge in [-0.25, -0.2) is 13.9 Å². The van der Waals surface area contributed by atoms with Crippen molar-refractivity contribution in [2.75, 3.05) is 79.2 Å². The first-order valence-corrected chi connectivity index (χ1v) is 21.7. The Hall–Kier alpha value is -5.44. The molecule has 1 saturated heterocycles. The molecule has 0 N–H and O–H groups in total. The molecule has 0 radical (unpaired) electrons. The van der Waals surface area contributed by atoms with E-state index in [1.165, 1.54) is 5.56 Å². The fourth-order valence-electron chi connectivity index (χ4n) is 8.22. The predicted octanol–water partition coefficient (Wildman–Crippen LogP) is 5.99. The van der Waals surface area contributed by atoms with Crippen LogP contribution in [-0.2, 0) is 36.4 Å². The van der Waals surface area contributed by atoms with Crippen LogP contribution in [0.25, 0.3) is 11.3 Å². The van der Waals surface area contributed by atoms with Gasteiger partial charge in [-0.3, -0.25) is 24.1 Å². The highest BCUT2D eigenvalue weighted by Gasteiger charge is 2.36. The molecule has 2 amide bonds. The summed E-state index contributed by atoms with van der Waals surface area (Å²) in [7, 11) is 7.19. The van der Waals surface area contributed by atoms with Gasteiger partial charge in [0, 0.05) is 75.2 Å². The lowest BCUT2D eigenvalue weighted by molar-refractivity contribution is 0.0193. The molecule has 16 heteroatoms. The SMILES string of the molecule is Cc1c(C(=O)N(c2ccc(OP(=O)(N(C)C)N(C)C)cc2)c2cnn(C)c2)cc(-c2cc3c(cc2C(=O)N2Cc4ccccc4C[C@H]2CN2CCOCC2)OCCO3)n1C. The van der Waals surface area contributed by atoms with Crippen molar-refractivity contribution in [3.63, 3.8) is 0 Å². The summed E-state index contributed by atoms with van der Waals surface area (Å²) in [6, 6.07) is 20.7. The van der Waals surface area contributed by atoms with Crippen molar-refractivity contribution < 1.29 is 32.9 Å². The first-order valence-electron chi connectivity index (χ1n) is 20.2. The van der Waals surface area contributed by atoms with Gasteiger partial charge in [-0.15, -0.1) is 0 Å². The highest BCUT2D eigenvalue weighted by molar-refractivity contribution is 7.54. The average molecular weight is 837 g/mol. The largest absolute Gasteiger partial charge is 0.486 e. The second-order valence-electron chi connectivity index (χ2n) is 15.9. The zero-order valence-corrected chi connectivity index (χ0v) is 36.2. The molecule has 60 heavy (non-hydrogen) atoms. The van der Waals surface area contributed by atoms with Crippen molar-refractivity contribution >= 4 is 30.9 Å². The Morgan fingerprint density at radius 3 is 2.17 bits per heavy atom. The minimum absolute atomic E-state index is 0.0682. The van der Waals surface area contributed by atoms with Crippen LogP contribution in [-0.4, -0.2) is 126 Å². The quantitative estimate of drug-likeness (QED) is 0.146. The molecule has 316 valence electrons. The molecule has 1 fully saturated rings. The minimum Gasteiger partial charge on any atom is -0.486 e. The summed E-state index contributed by atoms with van der Waals surface area (Å²) in [4.78, 5) is 36.2. The number of hydrogen-bond donors (Lipinski definition) is 0. The van der Waals surface area contributed by atoms with Gasteiger partial charge in [0.2, 0.25) is 0 Å². The van der Waals surface area contributed by atoms with Crippen molar-refractivity contribution in [1.29, 1.82) is 0 Å². The molecule has 15 nitrogen and oxygen atoms in total. The lowest BCUT2D eigenvalue weighted by Gasteiger charge is -2.40. The molecule has 5 aromatic rings. The van der Waals surface area contributed by atoms with E-state index >= 15 is 4.79 Å². The Kier molecular flexibility index (Phi) is 11.6. The number of carbonyl (C=O) groups is 2. The maximum atomic E-state index is 15.2. The van der Waals surface area contributed by atoms with Crippen LogP contribution in [0, 0.1) is 6.92 Å². The Morgan fingerprint density at radius 2 is 1.52 bits per heavy atom. The molecule has 3 aliphatic rings. The molecule has 3 aromatic carbocycles. The monoisotopic (exact) mass is 836 g/mol. The molecule has 3 aliphatic heterocycles. The number of aryl methyl sites for hydroxylation is 1. The number of morpholine rings is 1. The fourth-order valence-corrected chi connectivity index (χ4v) is 9.66. The summed E-state index contributed by atoms with van der Waals surface area (Å²) in [6.45, 7) is 6.83. The molecular formula is C44H53N8O7P. The molecule has 0 unspecified atom stereocenters. The van der Waals surface area contributed by atoms with E-state index < -0.39 is 7.67 Å². The minimum atomic E-state index is -3.32. The van der Waals surface area contributed by atoms with Gasteiger partial charge in [0.05, 0.1) is 36.2 Å². The molecule has 0 aliphatic carbocycles. The average Bonchev–Trinajstić information content (AvgIpc) is 3.81. The van der Waals surface area contributed by atoms with Crippen LogP contribution in [0.4, 0.5) is 11.4 Å². The standard InChI is InChI=1S/C44H53N8O7P/c1-30-37(44(54)52(35-26-45-48(6)28-35)33-12-14-36(15-13-33)59-60(55,46(2)3)47(4)5)23-40(49(30)7)38-24-41-42(58-21-20-57-41)25-39(38)43(53)51-27-32-11-9-8-10-31(32)22-34(51)29-50-16-18-56-19-17-50/h8-15,23-26,28,34H,16-22,27,29H2,1-7H3/t34-/m0/s1. The Balaban J connectivity index is 1.18. The van der Waals surface area contributed by atoms with Gasteiger partial charge < -0.3 is 28.2 Å². The van der Waals surface area contributed by atoms with Crippen LogP contribution in [0.3, 0.4) is 0 Å². The van der Waals surface area contributed by atoms with E-state index in [-0.39, 0.29) is 17.9 Å². The van der Waals surface area contributed by atoms with Crippen molar-refractivity contribution in [1.82, 2.24) is 33.5 Å². The number of aromatic nitrogens is 3. The van der Waals surface area contributed by atoms with Crippen molar-refractivity contribution in [2.24, 2.45) is 14.1 Å². The lowest BCUT2D eigenvalue weighted by atomic mass is 9.92. The number of ether oxygens (including phenoxy) is 3. The lowest BCUT2D eigenvalue weighted by Crippen LogP contribution is -2.52. The van der Waals surface area contributed by atoms with Gasteiger partial charge in [-0.1, -0.05) is 24.3 Å². The van der Waals surface area contributed by atoms with Crippen LogP contribution in [0.15, 0.2) is 79.1 Å². The first-order chi connectivity index (χ1) is 28.8. The molecule has 0 saturated carbocycles. The third-order valence-corrected chi connectivity index (χ3v) is 14.1. The van der Waals surface area contributed by atoms with E-state index in [1.807, 2.05) is 41.6 Å². The number of fused-ring (bicyclic) bond motifs is 2. The van der Waals surface area contributed by atoms with Crippen LogP contribution in [0.2, 0.25) is 0 Å². The smallest absolute Gasteiger partial charge is 0.394 e. The number of rotatable bonds is 11. The van der Waals surface area contributed by atoms with E-state index in [1.54, 1.807) is 96.9 Å². The third kappa shape index (κ3) is 7.95. The summed E-state index contributed by atoms with van der Waals surface area (Å²) < 4.78 is 44.1. The Morgan fingerprint density at radius 1 is 0.850 bits per heavy atom. The first kappa shape index (κ1) is 41.3. The van der Waals surface area contributed by atoms with Gasteiger partial charge >= 0.3 is 7.67 Å². The number of nitrogens with zero attached hydrogens (tertiary/aromatic N) is 8. The van der Waals surface area contributed by atoms with Crippen LogP contribution < -0.4 is 18.9 Å². The second-order valence-corrected chi connectivity index (χ2v) is 18.6. The topological polar surface area (TPSA) is 127 Å². The maximum Gasteiger partial charge on any atom is 0.394 e. The van der Waals surface area contributed by atoms with E-state index in [9.17, 15) is 9.36 Å². The van der Waals surface area contributed by atoms with Crippen molar-refractivity contribution in [2.45, 2.75) is 25.9 Å². The maximum absolute atomic E-state index is 15.2. The van der Waals surface area contributed by atoms with Gasteiger partial charge in [-0.2, -0.15) is 5.10 Å². The van der Waals surface area contributed by atoms with E-state index in [0.717, 1.165) is 31.6 Å². The van der Waals surface area contributed by atoms with Crippen molar-refractivity contribution in [3.05, 3.63) is 107 Å². The van der Waals surface area contributed by atoms with Gasteiger partial charge in [0.1, 0.15) is 19.0 Å². The van der Waals surface area contributed by atoms with Gasteiger partial charge in [0.15, 0.2) is 11.5 Å². The van der Waals surface area contributed by atoms with Crippen molar-refractivity contribution in [3.8, 4) is 28.5 Å². The highest BCUT2D eigenvalue weighted by atomic mass is 31.2. The number of carbonyl (C=O) groups excluding carboxylic acids is 2. The van der Waals surface area contributed by atoms with E-state index in [2.05, 4.69) is 28.2 Å². The Bertz CT molecular complexity index is 2430. The molecule has 5 heterocycles. The van der Waals surface area contributed by atoms with E-state index in [0.29, 0.717) is 89.7 Å².